The SMILES string of the molecule is O=C(C=Cc1c(Cl)nc2ccccn12)N1CCN(C(=O)C2COc3ccccc3O2)CC1. The van der Waals surface area contributed by atoms with Crippen molar-refractivity contribution in [1.82, 2.24) is 19.2 Å². The van der Waals surface area contributed by atoms with Crippen molar-refractivity contribution in [2.24, 2.45) is 0 Å². The summed E-state index contributed by atoms with van der Waals surface area (Å²) < 4.78 is 13.3. The summed E-state index contributed by atoms with van der Waals surface area (Å²) in [6, 6.07) is 12.9. The average Bonchev–Trinajstić information content (AvgIpc) is 3.16. The van der Waals surface area contributed by atoms with Crippen molar-refractivity contribution in [3.8, 4) is 11.5 Å². The number of hydrogen-bond acceptors (Lipinski definition) is 5. The number of hydrogen-bond donors (Lipinski definition) is 0. The second-order valence-corrected chi connectivity index (χ2v) is 7.92. The van der Waals surface area contributed by atoms with Crippen molar-refractivity contribution in [1.29, 1.82) is 0 Å². The minimum Gasteiger partial charge on any atom is -0.485 e. The first kappa shape index (κ1) is 20.4. The number of benzene rings is 1. The van der Waals surface area contributed by atoms with E-state index in [1.54, 1.807) is 21.9 Å². The maximum absolute atomic E-state index is 12.9. The van der Waals surface area contributed by atoms with E-state index in [4.69, 9.17) is 21.1 Å². The molecule has 2 aliphatic rings. The van der Waals surface area contributed by atoms with E-state index >= 15 is 0 Å². The van der Waals surface area contributed by atoms with Gasteiger partial charge in [-0.3, -0.25) is 14.0 Å². The monoisotopic (exact) mass is 452 g/mol. The van der Waals surface area contributed by atoms with Gasteiger partial charge in [0.15, 0.2) is 16.7 Å². The van der Waals surface area contributed by atoms with Crippen LogP contribution in [0.25, 0.3) is 11.7 Å². The number of amides is 2. The fourth-order valence-electron chi connectivity index (χ4n) is 3.88. The first-order valence-corrected chi connectivity index (χ1v) is 10.7. The topological polar surface area (TPSA) is 76.4 Å². The largest absolute Gasteiger partial charge is 0.485 e. The number of rotatable bonds is 3. The molecule has 2 amide bonds. The van der Waals surface area contributed by atoms with Gasteiger partial charge in [-0.1, -0.05) is 29.8 Å². The molecule has 1 unspecified atom stereocenters. The van der Waals surface area contributed by atoms with Crippen molar-refractivity contribution in [3.05, 3.63) is 65.6 Å². The number of imidazole rings is 1. The Bertz CT molecular complexity index is 1200. The van der Waals surface area contributed by atoms with Crippen LogP contribution in [0.3, 0.4) is 0 Å². The van der Waals surface area contributed by atoms with Crippen LogP contribution < -0.4 is 9.47 Å². The zero-order valence-corrected chi connectivity index (χ0v) is 17.9. The van der Waals surface area contributed by atoms with Crippen molar-refractivity contribution < 1.29 is 19.1 Å². The van der Waals surface area contributed by atoms with E-state index in [0.29, 0.717) is 54.2 Å². The van der Waals surface area contributed by atoms with E-state index < -0.39 is 6.10 Å². The first-order chi connectivity index (χ1) is 15.6. The molecule has 4 heterocycles. The molecule has 9 heteroatoms. The van der Waals surface area contributed by atoms with Gasteiger partial charge in [-0.05, 0) is 30.3 Å². The second-order valence-electron chi connectivity index (χ2n) is 7.56. The number of nitrogens with zero attached hydrogens (tertiary/aromatic N) is 4. The number of fused-ring (bicyclic) bond motifs is 2. The van der Waals surface area contributed by atoms with Crippen LogP contribution in [-0.4, -0.2) is 69.9 Å². The third kappa shape index (κ3) is 3.89. The highest BCUT2D eigenvalue weighted by molar-refractivity contribution is 6.31. The van der Waals surface area contributed by atoms with Crippen molar-refractivity contribution in [2.75, 3.05) is 32.8 Å². The Morgan fingerprint density at radius 3 is 2.53 bits per heavy atom. The molecule has 0 bridgehead atoms. The van der Waals surface area contributed by atoms with Gasteiger partial charge in [0.25, 0.3) is 5.91 Å². The number of pyridine rings is 1. The van der Waals surface area contributed by atoms with Gasteiger partial charge in [-0.15, -0.1) is 0 Å². The predicted octanol–water partition coefficient (Wildman–Crippen LogP) is 2.51. The van der Waals surface area contributed by atoms with Crippen LogP contribution in [0, 0.1) is 0 Å². The van der Waals surface area contributed by atoms with Gasteiger partial charge in [0.2, 0.25) is 12.0 Å². The molecule has 2 aromatic heterocycles. The fraction of sp³-hybridized carbons (Fsp3) is 0.261. The highest BCUT2D eigenvalue weighted by Crippen LogP contribution is 2.31. The molecule has 5 rings (SSSR count). The molecule has 1 aromatic carbocycles. The average molecular weight is 453 g/mol. The van der Waals surface area contributed by atoms with Gasteiger partial charge in [-0.25, -0.2) is 4.98 Å². The molecule has 1 atom stereocenters. The van der Waals surface area contributed by atoms with Gasteiger partial charge in [0.1, 0.15) is 12.3 Å². The highest BCUT2D eigenvalue weighted by Gasteiger charge is 2.33. The lowest BCUT2D eigenvalue weighted by atomic mass is 10.2. The lowest BCUT2D eigenvalue weighted by molar-refractivity contribution is -0.145. The van der Waals surface area contributed by atoms with Gasteiger partial charge < -0.3 is 19.3 Å². The summed E-state index contributed by atoms with van der Waals surface area (Å²) in [7, 11) is 0. The summed E-state index contributed by atoms with van der Waals surface area (Å²) in [6.07, 6.45) is 4.34. The molecule has 164 valence electrons. The van der Waals surface area contributed by atoms with Crippen LogP contribution in [0.4, 0.5) is 0 Å². The van der Waals surface area contributed by atoms with E-state index in [0.717, 1.165) is 0 Å². The maximum Gasteiger partial charge on any atom is 0.267 e. The summed E-state index contributed by atoms with van der Waals surface area (Å²) >= 11 is 6.22. The summed E-state index contributed by atoms with van der Waals surface area (Å²) in [5.41, 5.74) is 1.37. The van der Waals surface area contributed by atoms with Crippen LogP contribution in [-0.2, 0) is 9.59 Å². The summed E-state index contributed by atoms with van der Waals surface area (Å²) in [5.74, 6) is 0.955. The fourth-order valence-corrected chi connectivity index (χ4v) is 4.12. The first-order valence-electron chi connectivity index (χ1n) is 10.4. The zero-order chi connectivity index (χ0) is 22.1. The number of carbonyl (C=O) groups is 2. The van der Waals surface area contributed by atoms with Crippen LogP contribution >= 0.6 is 11.6 Å². The smallest absolute Gasteiger partial charge is 0.267 e. The number of para-hydroxylation sites is 2. The van der Waals surface area contributed by atoms with Crippen LogP contribution in [0.5, 0.6) is 11.5 Å². The number of ether oxygens (including phenoxy) is 2. The van der Waals surface area contributed by atoms with E-state index in [9.17, 15) is 9.59 Å². The maximum atomic E-state index is 12.9. The van der Waals surface area contributed by atoms with Crippen LogP contribution in [0.2, 0.25) is 5.15 Å². The van der Waals surface area contributed by atoms with Gasteiger partial charge in [0.05, 0.1) is 5.69 Å². The number of piperazine rings is 1. The van der Waals surface area contributed by atoms with E-state index in [1.165, 1.54) is 6.08 Å². The summed E-state index contributed by atoms with van der Waals surface area (Å²) in [6.45, 7) is 1.95. The van der Waals surface area contributed by atoms with Gasteiger partial charge in [0, 0.05) is 38.5 Å². The molecular formula is C23H21ClN4O4. The lowest BCUT2D eigenvalue weighted by Crippen LogP contribution is -2.54. The van der Waals surface area contributed by atoms with Crippen molar-refractivity contribution in [2.45, 2.75) is 6.10 Å². The van der Waals surface area contributed by atoms with Gasteiger partial charge >= 0.3 is 0 Å². The number of carbonyl (C=O) groups excluding carboxylic acids is 2. The van der Waals surface area contributed by atoms with Crippen LogP contribution in [0.1, 0.15) is 5.69 Å². The molecular weight excluding hydrogens is 432 g/mol. The Labute approximate surface area is 189 Å². The highest BCUT2D eigenvalue weighted by atomic mass is 35.5. The zero-order valence-electron chi connectivity index (χ0n) is 17.2. The Morgan fingerprint density at radius 2 is 1.72 bits per heavy atom. The molecule has 1 fully saturated rings. The third-order valence-electron chi connectivity index (χ3n) is 5.59. The van der Waals surface area contributed by atoms with Crippen LogP contribution in [0.15, 0.2) is 54.7 Å². The molecule has 1 saturated heterocycles. The van der Waals surface area contributed by atoms with Gasteiger partial charge in [-0.2, -0.15) is 0 Å². The molecule has 0 spiro atoms. The molecule has 8 nitrogen and oxygen atoms in total. The Balaban J connectivity index is 1.18. The Morgan fingerprint density at radius 1 is 1.00 bits per heavy atom. The number of aromatic nitrogens is 2. The lowest BCUT2D eigenvalue weighted by Gasteiger charge is -2.36. The second kappa shape index (κ2) is 8.55. The Kier molecular flexibility index (Phi) is 5.45. The van der Waals surface area contributed by atoms with E-state index in [-0.39, 0.29) is 18.4 Å². The molecule has 3 aromatic rings. The third-order valence-corrected chi connectivity index (χ3v) is 5.87. The standard InChI is InChI=1S/C23H21ClN4O4/c24-22-16(28-10-4-3-7-20(28)25-22)8-9-21(29)26-11-13-27(14-12-26)23(30)19-15-31-17-5-1-2-6-18(17)32-19/h1-10,19H,11-15H2. The summed E-state index contributed by atoms with van der Waals surface area (Å²) in [5, 5.41) is 0.340. The molecule has 0 N–H and O–H groups in total. The van der Waals surface area contributed by atoms with E-state index in [2.05, 4.69) is 4.98 Å². The quantitative estimate of drug-likeness (QED) is 0.571. The molecule has 0 radical (unpaired) electrons. The summed E-state index contributed by atoms with van der Waals surface area (Å²) in [4.78, 5) is 33.2. The van der Waals surface area contributed by atoms with Crippen molar-refractivity contribution in [3.63, 3.8) is 0 Å². The normalized spacial score (nSPS) is 18.3. The van der Waals surface area contributed by atoms with Crippen molar-refractivity contribution >= 4 is 35.1 Å². The minimum absolute atomic E-state index is 0.125. The minimum atomic E-state index is -0.677. The molecule has 2 aliphatic heterocycles. The predicted molar refractivity (Wildman–Crippen MR) is 119 cm³/mol. The Hall–Kier alpha value is -3.52. The molecule has 0 aliphatic carbocycles. The molecule has 0 saturated carbocycles. The number of halogens is 1. The van der Waals surface area contributed by atoms with E-state index in [1.807, 2.05) is 47.0 Å². The molecule has 32 heavy (non-hydrogen) atoms.